The van der Waals surface area contributed by atoms with Crippen LogP contribution in [0.2, 0.25) is 0 Å². The van der Waals surface area contributed by atoms with Crippen LogP contribution in [0.15, 0.2) is 24.3 Å². The first kappa shape index (κ1) is 136. The third-order valence-electron chi connectivity index (χ3n) is 29.3. The molecule has 2 saturated heterocycles. The molecule has 7 aliphatic rings. The second kappa shape index (κ2) is 51.7. The minimum Gasteiger partial charge on any atom is -0.460 e. The molecule has 2 heterocycles. The van der Waals surface area contributed by atoms with Gasteiger partial charge in [-0.15, -0.1) is 0 Å². The first-order valence-corrected chi connectivity index (χ1v) is 47.9. The average Bonchev–Trinajstić information content (AvgIpc) is 1.53. The van der Waals surface area contributed by atoms with Gasteiger partial charge in [0, 0.05) is 30.7 Å². The number of benzene rings is 1. The largest absolute Gasteiger partial charge is 0.460 e. The number of halogens is 15. The molecular weight excluding hydrogens is 1850 g/mol. The summed E-state index contributed by atoms with van der Waals surface area (Å²) in [4.78, 5) is 105. The average molecular weight is 2020 g/mol. The predicted octanol–water partition coefficient (Wildman–Crippen LogP) is 27.4. The highest BCUT2D eigenvalue weighted by atomic mass is 19.4. The van der Waals surface area contributed by atoms with Crippen molar-refractivity contribution < 1.29 is 152 Å². The number of hydrogen-bond donors (Lipinski definition) is 2. The number of rotatable bonds is 22. The molecule has 2 aliphatic heterocycles. The molecule has 2 amide bonds. The van der Waals surface area contributed by atoms with Gasteiger partial charge in [0.05, 0.1) is 33.1 Å². The van der Waals surface area contributed by atoms with E-state index in [1.807, 2.05) is 96.9 Å². The molecule has 5 saturated carbocycles. The van der Waals surface area contributed by atoms with E-state index in [2.05, 4.69) is 50.2 Å². The maximum atomic E-state index is 12.7. The Morgan fingerprint density at radius 1 is 0.489 bits per heavy atom. The van der Waals surface area contributed by atoms with Crippen LogP contribution in [0.5, 0.6) is 0 Å². The number of ether oxygens (including phenoxy) is 7. The lowest BCUT2D eigenvalue weighted by atomic mass is 9.72. The predicted molar refractivity (Wildman–Crippen MR) is 505 cm³/mol. The molecule has 0 spiro atoms. The summed E-state index contributed by atoms with van der Waals surface area (Å²) in [5.74, 6) is -0.291. The van der Waals surface area contributed by atoms with Crippen molar-refractivity contribution in [3.05, 3.63) is 35.4 Å². The highest BCUT2D eigenvalue weighted by Crippen LogP contribution is 2.63. The molecular formula is C104H173F15N2O18. The number of alkyl halides is 15. The van der Waals surface area contributed by atoms with Gasteiger partial charge in [0.2, 0.25) is 11.8 Å². The maximum absolute atomic E-state index is 12.7. The number of likely N-dealkylation sites (tertiary alicyclic amines) is 1. The van der Waals surface area contributed by atoms with E-state index in [0.29, 0.717) is 61.2 Å². The van der Waals surface area contributed by atoms with Crippen LogP contribution in [0.25, 0.3) is 0 Å². The quantitative estimate of drug-likeness (QED) is 0.0472. The fraction of sp³-hybridized carbons (Fsp3) is 0.846. The zero-order chi connectivity index (χ0) is 108. The molecule has 35 heteroatoms. The fourth-order valence-electron chi connectivity index (χ4n) is 15.4. The molecule has 4 bridgehead atoms. The van der Waals surface area contributed by atoms with E-state index in [0.717, 1.165) is 84.6 Å². The number of carbonyl (C=O) groups is 9. The molecule has 1 aromatic rings. The normalized spacial score (nSPS) is 25.4. The van der Waals surface area contributed by atoms with Crippen LogP contribution in [-0.2, 0) is 81.9 Å². The van der Waals surface area contributed by atoms with Crippen molar-refractivity contribution >= 4 is 53.6 Å². The van der Waals surface area contributed by atoms with Crippen molar-refractivity contribution in [1.29, 1.82) is 5.26 Å². The van der Waals surface area contributed by atoms with E-state index in [9.17, 15) is 124 Å². The standard InChI is InChI=1S/C16H30O2.C15H19NO4.C13H21F3O.C13H17F3O.C10H17F3O2.C10H20O2.2C9H15F3O2.C7H11NO2.2CH4/c1-7-15(3,4)14(17)18-16(5,6)13-10-8-12(2)9-11-13;1-4-14(2,3)12(17)19-10-8-5-9-11(10)20-13(18)15(9,6-8)7-16;1-7-8(2)11-5-9(7)4-10(11)6-12(3,17)13(14,15)16;1-4-9(2)10-5-7-11(8-6-10)12(3,17)13(14,15)16;1-6-9(5,10(11,12)13)7(14)15-8(2,3)4;1-7-10(5,6)8(11)12-9(2,3)4;2*1-5-8(3,4)7(13)14-6(2)9(10,11)12;1-4-5(2)7(10)8(3)6(4)9;;/h12-13H,7-11H2,1-6H3;8-11H,4-6H2,1-3H3;7-11,17H,4-6H2,1-3H3;5-9,17H,4H2,1-3H3;6H2,1-5H3;7H2,1-6H3;2*6H,5H2,1-4H3;4-5H,1-3H3;2*1H4. The minimum atomic E-state index is -4.66. The zero-order valence-corrected chi connectivity index (χ0v) is 88.4. The van der Waals surface area contributed by atoms with Gasteiger partial charge in [0.25, 0.3) is 0 Å². The molecule has 8 rings (SSSR count). The Kier molecular flexibility index (Phi) is 50.6. The number of amides is 2. The number of hydrogen-bond acceptors (Lipinski definition) is 19. The van der Waals surface area contributed by atoms with Crippen molar-refractivity contribution in [2.75, 3.05) is 7.05 Å². The highest BCUT2D eigenvalue weighted by molar-refractivity contribution is 6.04. The van der Waals surface area contributed by atoms with E-state index in [-0.39, 0.29) is 121 Å². The maximum Gasteiger partial charge on any atom is 0.425 e. The monoisotopic (exact) mass is 2020 g/mol. The van der Waals surface area contributed by atoms with Gasteiger partial charge in [-0.25, -0.2) is 0 Å². The summed E-state index contributed by atoms with van der Waals surface area (Å²) in [6, 6.07) is 8.12. The third-order valence-corrected chi connectivity index (χ3v) is 29.3. The summed E-state index contributed by atoms with van der Waals surface area (Å²) in [7, 11) is 1.53. The van der Waals surface area contributed by atoms with Gasteiger partial charge in [-0.2, -0.15) is 71.1 Å². The Balaban J connectivity index is -0.00000150. The molecule has 18 unspecified atom stereocenters. The van der Waals surface area contributed by atoms with E-state index in [1.165, 1.54) is 77.5 Å². The summed E-state index contributed by atoms with van der Waals surface area (Å²) < 4.78 is 221. The summed E-state index contributed by atoms with van der Waals surface area (Å²) in [5, 5.41) is 28.4. The number of nitriles is 1. The molecule has 7 fully saturated rings. The lowest BCUT2D eigenvalue weighted by molar-refractivity contribution is -0.260. The number of carbonyl (C=O) groups excluding carboxylic acids is 9. The van der Waals surface area contributed by atoms with Gasteiger partial charge >= 0.3 is 72.7 Å². The van der Waals surface area contributed by atoms with Crippen molar-refractivity contribution in [3.8, 4) is 6.07 Å². The van der Waals surface area contributed by atoms with Gasteiger partial charge in [-0.05, 0) is 308 Å². The van der Waals surface area contributed by atoms with Crippen LogP contribution in [0.1, 0.15) is 384 Å². The first-order valence-electron chi connectivity index (χ1n) is 47.9. The Hall–Kier alpha value is -6.99. The third kappa shape index (κ3) is 37.9. The van der Waals surface area contributed by atoms with Gasteiger partial charge in [-0.1, -0.05) is 142 Å². The molecule has 5 aliphatic carbocycles. The number of fused-ring (bicyclic) bond motifs is 3. The van der Waals surface area contributed by atoms with Crippen LogP contribution in [0.4, 0.5) is 65.9 Å². The van der Waals surface area contributed by atoms with Crippen LogP contribution in [-0.4, -0.2) is 153 Å². The van der Waals surface area contributed by atoms with Crippen LogP contribution in [0, 0.1) is 114 Å². The van der Waals surface area contributed by atoms with Crippen LogP contribution in [0.3, 0.4) is 0 Å². The smallest absolute Gasteiger partial charge is 0.425 e. The zero-order valence-electron chi connectivity index (χ0n) is 88.4. The van der Waals surface area contributed by atoms with E-state index in [4.69, 9.17) is 23.7 Å². The molecule has 0 radical (unpaired) electrons. The summed E-state index contributed by atoms with van der Waals surface area (Å²) in [6.07, 6.45) is -15.9. The van der Waals surface area contributed by atoms with Gasteiger partial charge < -0.3 is 43.4 Å². The summed E-state index contributed by atoms with van der Waals surface area (Å²) in [5.41, 5.74) is -12.4. The Bertz CT molecular complexity index is 4030. The van der Waals surface area contributed by atoms with Gasteiger partial charge in [0.1, 0.15) is 29.0 Å². The number of aliphatic hydroxyl groups is 2. The number of imide groups is 1. The Morgan fingerprint density at radius 2 is 0.863 bits per heavy atom. The number of esters is 7. The summed E-state index contributed by atoms with van der Waals surface area (Å²) in [6.45, 7) is 61.3. The minimum absolute atomic E-state index is 0. The highest BCUT2D eigenvalue weighted by Gasteiger charge is 2.73. The molecule has 139 heavy (non-hydrogen) atoms. The lowest BCUT2D eigenvalue weighted by Gasteiger charge is -2.39. The molecule has 0 aromatic heterocycles. The molecule has 2 N–H and O–H groups in total. The molecule has 1 aromatic carbocycles. The second-order valence-corrected chi connectivity index (χ2v) is 44.8. The molecule has 20 nitrogen and oxygen atoms in total. The van der Waals surface area contributed by atoms with Crippen molar-refractivity contribution in [2.24, 2.45) is 103 Å². The van der Waals surface area contributed by atoms with Crippen molar-refractivity contribution in [2.45, 2.75) is 456 Å². The first-order chi connectivity index (χ1) is 61.3. The van der Waals surface area contributed by atoms with Crippen molar-refractivity contribution in [3.63, 3.8) is 0 Å². The lowest BCUT2D eigenvalue weighted by Crippen LogP contribution is -2.45. The molecule has 812 valence electrons. The van der Waals surface area contributed by atoms with Gasteiger partial charge in [-0.3, -0.25) is 48.1 Å². The topological polar surface area (TPSA) is 286 Å². The molecule has 18 atom stereocenters. The number of nitrogens with zero attached hydrogens (tertiary/aromatic N) is 2. The van der Waals surface area contributed by atoms with Crippen LogP contribution >= 0.6 is 0 Å². The summed E-state index contributed by atoms with van der Waals surface area (Å²) >= 11 is 0. The fourth-order valence-corrected chi connectivity index (χ4v) is 15.4. The van der Waals surface area contributed by atoms with Crippen LogP contribution < -0.4 is 0 Å². The SMILES string of the molecule is C.C.CC1C(=O)N(C)C(=O)C1C.CC1C2CC(CC(C)(O)C(F)(F)F)C(C2)C1C.CCC(C)(C(=O)OC(C)(C)C)C(F)(F)F.CCC(C)(C)C(=O)OC(C)(C)C.CCC(C)(C)C(=O)OC(C)(C)C1CCC(C)CC1.CCC(C)(C)C(=O)OC(C)C(F)(F)F.CCC(C)(C)C(=O)OC(C)C(F)(F)F.CCC(C)(C)C(=O)OC1C2CC3C1OC(=O)C3(C#N)C2.CCC(C)c1ccc(C(C)(O)C(F)(F)F)cc1. The van der Waals surface area contributed by atoms with E-state index < -0.39 is 117 Å². The second-order valence-electron chi connectivity index (χ2n) is 44.8. The van der Waals surface area contributed by atoms with E-state index >= 15 is 0 Å². The van der Waals surface area contributed by atoms with E-state index in [1.54, 1.807) is 67.5 Å². The Morgan fingerprint density at radius 3 is 1.17 bits per heavy atom. The van der Waals surface area contributed by atoms with Gasteiger partial charge in [0.15, 0.2) is 34.2 Å². The Labute approximate surface area is 820 Å². The van der Waals surface area contributed by atoms with Crippen molar-refractivity contribution in [1.82, 2.24) is 4.90 Å².